The molecule has 0 saturated carbocycles. The number of amides is 4. The van der Waals surface area contributed by atoms with Gasteiger partial charge in [0.1, 0.15) is 0 Å². The van der Waals surface area contributed by atoms with Crippen molar-refractivity contribution in [2.75, 3.05) is 6.54 Å². The Bertz CT molecular complexity index is 636. The van der Waals surface area contributed by atoms with Crippen molar-refractivity contribution in [1.29, 1.82) is 0 Å². The van der Waals surface area contributed by atoms with E-state index in [4.69, 9.17) is 0 Å². The van der Waals surface area contributed by atoms with E-state index in [1.807, 2.05) is 0 Å². The van der Waals surface area contributed by atoms with Gasteiger partial charge in [-0.1, -0.05) is 0 Å². The lowest BCUT2D eigenvalue weighted by atomic mass is 9.93. The van der Waals surface area contributed by atoms with Gasteiger partial charge in [-0.05, 0) is 27.7 Å². The van der Waals surface area contributed by atoms with Gasteiger partial charge in [0.05, 0.1) is 22.6 Å². The van der Waals surface area contributed by atoms with E-state index in [9.17, 15) is 19.5 Å². The molecule has 1 aromatic heterocycles. The third-order valence-electron chi connectivity index (χ3n) is 3.51. The van der Waals surface area contributed by atoms with Crippen LogP contribution in [0.15, 0.2) is 5.51 Å². The van der Waals surface area contributed by atoms with E-state index in [1.54, 1.807) is 33.2 Å². The molecule has 1 aliphatic heterocycles. The van der Waals surface area contributed by atoms with Crippen LogP contribution < -0.4 is 10.6 Å². The molecule has 1 saturated heterocycles. The summed E-state index contributed by atoms with van der Waals surface area (Å²) in [5.41, 5.74) is -0.0348. The number of hydrogen-bond acceptors (Lipinski definition) is 5. The quantitative estimate of drug-likeness (QED) is 0.724. The topological polar surface area (TPSA) is 112 Å². The number of hydrogen-bond donors (Lipinski definition) is 3. The van der Waals surface area contributed by atoms with Crippen molar-refractivity contribution in [1.82, 2.24) is 20.5 Å². The maximum Gasteiger partial charge on any atom is 0.407 e. The first-order chi connectivity index (χ1) is 10.1. The zero-order valence-corrected chi connectivity index (χ0v) is 13.6. The maximum atomic E-state index is 12.4. The summed E-state index contributed by atoms with van der Waals surface area (Å²) in [5, 5.41) is 14.2. The second kappa shape index (κ2) is 5.24. The first-order valence-corrected chi connectivity index (χ1v) is 7.50. The van der Waals surface area contributed by atoms with Crippen molar-refractivity contribution >= 4 is 29.4 Å². The Hall–Kier alpha value is -2.16. The molecule has 1 fully saturated rings. The molecule has 0 radical (unpaired) electrons. The van der Waals surface area contributed by atoms with Crippen LogP contribution in [0.25, 0.3) is 0 Å². The number of carbonyl (C=O) groups excluding carboxylic acids is 2. The zero-order valence-electron chi connectivity index (χ0n) is 12.8. The van der Waals surface area contributed by atoms with Gasteiger partial charge in [0.15, 0.2) is 5.54 Å². The Labute approximate surface area is 131 Å². The number of thiazole rings is 1. The summed E-state index contributed by atoms with van der Waals surface area (Å²) in [5.74, 6) is -0.569. The molecule has 0 unspecified atom stereocenters. The SMILES string of the molecule is Cc1ncsc1[C@]1(CN(C(=O)O)C(C)(C)C)NC(=O)NC1=O. The van der Waals surface area contributed by atoms with E-state index >= 15 is 0 Å². The number of carbonyl (C=O) groups is 3. The van der Waals surface area contributed by atoms with Crippen LogP contribution in [0.3, 0.4) is 0 Å². The highest BCUT2D eigenvalue weighted by Crippen LogP contribution is 2.33. The van der Waals surface area contributed by atoms with Crippen molar-refractivity contribution in [2.45, 2.75) is 38.8 Å². The number of urea groups is 1. The van der Waals surface area contributed by atoms with Crippen LogP contribution in [0.5, 0.6) is 0 Å². The molecule has 2 heterocycles. The Kier molecular flexibility index (Phi) is 3.86. The number of imide groups is 1. The van der Waals surface area contributed by atoms with Crippen molar-refractivity contribution in [2.24, 2.45) is 0 Å². The van der Waals surface area contributed by atoms with Gasteiger partial charge in [-0.15, -0.1) is 11.3 Å². The van der Waals surface area contributed by atoms with Crippen LogP contribution >= 0.6 is 11.3 Å². The van der Waals surface area contributed by atoms with E-state index < -0.39 is 29.1 Å². The summed E-state index contributed by atoms with van der Waals surface area (Å²) in [7, 11) is 0. The number of nitrogens with zero attached hydrogens (tertiary/aromatic N) is 2. The van der Waals surface area contributed by atoms with Crippen molar-refractivity contribution < 1.29 is 19.5 Å². The first kappa shape index (κ1) is 16.2. The number of carboxylic acid groups (broad SMARTS) is 1. The summed E-state index contributed by atoms with van der Waals surface area (Å²) in [6, 6.07) is -0.642. The van der Waals surface area contributed by atoms with Gasteiger partial charge < -0.3 is 15.3 Å². The molecular formula is C13H18N4O4S. The Balaban J connectivity index is 2.52. The van der Waals surface area contributed by atoms with Crippen molar-refractivity contribution in [3.05, 3.63) is 16.1 Å². The van der Waals surface area contributed by atoms with Crippen LogP contribution in [0.2, 0.25) is 0 Å². The summed E-state index contributed by atoms with van der Waals surface area (Å²) in [4.78, 5) is 41.4. The summed E-state index contributed by atoms with van der Waals surface area (Å²) in [6.07, 6.45) is -1.16. The molecule has 0 spiro atoms. The standard InChI is InChI=1S/C13H18N4O4S/c1-7-8(22-6-14-7)13(9(18)15-10(19)16-13)5-17(11(20)21)12(2,3)4/h6H,5H2,1-4H3,(H,20,21)(H2,15,16,18,19)/t13-/m0/s1. The Morgan fingerprint density at radius 2 is 2.09 bits per heavy atom. The van der Waals surface area contributed by atoms with Crippen LogP contribution in [0, 0.1) is 6.92 Å². The average molecular weight is 326 g/mol. The van der Waals surface area contributed by atoms with Gasteiger partial charge in [-0.3, -0.25) is 10.1 Å². The minimum absolute atomic E-state index is 0.188. The normalized spacial score (nSPS) is 21.5. The molecule has 2 rings (SSSR count). The van der Waals surface area contributed by atoms with Crippen molar-refractivity contribution in [3.8, 4) is 0 Å². The van der Waals surface area contributed by atoms with Crippen LogP contribution in [-0.4, -0.2) is 45.1 Å². The molecule has 9 heteroatoms. The lowest BCUT2D eigenvalue weighted by molar-refractivity contribution is -0.125. The highest BCUT2D eigenvalue weighted by Gasteiger charge is 2.52. The molecular weight excluding hydrogens is 308 g/mol. The number of rotatable bonds is 3. The average Bonchev–Trinajstić information content (AvgIpc) is 2.89. The molecule has 3 N–H and O–H groups in total. The smallest absolute Gasteiger partial charge is 0.407 e. The van der Waals surface area contributed by atoms with Gasteiger partial charge in [-0.2, -0.15) is 0 Å². The number of aryl methyl sites for hydroxylation is 1. The summed E-state index contributed by atoms with van der Waals surface area (Å²) < 4.78 is 0. The van der Waals surface area contributed by atoms with E-state index in [0.29, 0.717) is 10.6 Å². The molecule has 0 aromatic carbocycles. The van der Waals surface area contributed by atoms with E-state index in [2.05, 4.69) is 15.6 Å². The second-order valence-corrected chi connectivity index (χ2v) is 6.97. The highest BCUT2D eigenvalue weighted by molar-refractivity contribution is 7.10. The third kappa shape index (κ3) is 2.63. The first-order valence-electron chi connectivity index (χ1n) is 6.62. The maximum absolute atomic E-state index is 12.4. The zero-order chi connectivity index (χ0) is 16.7. The third-order valence-corrected chi connectivity index (χ3v) is 4.60. The Morgan fingerprint density at radius 3 is 2.45 bits per heavy atom. The summed E-state index contributed by atoms with van der Waals surface area (Å²) in [6.45, 7) is 6.70. The molecule has 120 valence electrons. The fourth-order valence-corrected chi connectivity index (χ4v) is 3.32. The van der Waals surface area contributed by atoms with E-state index in [1.165, 1.54) is 11.3 Å². The predicted molar refractivity (Wildman–Crippen MR) is 79.7 cm³/mol. The van der Waals surface area contributed by atoms with Crippen LogP contribution in [0.1, 0.15) is 31.3 Å². The minimum Gasteiger partial charge on any atom is -0.465 e. The number of aromatic nitrogens is 1. The molecule has 1 aliphatic rings. The fraction of sp³-hybridized carbons (Fsp3) is 0.538. The lowest BCUT2D eigenvalue weighted by Gasteiger charge is -2.38. The Morgan fingerprint density at radius 1 is 1.45 bits per heavy atom. The lowest BCUT2D eigenvalue weighted by Crippen LogP contribution is -2.58. The second-order valence-electron chi connectivity index (χ2n) is 6.12. The summed E-state index contributed by atoms with van der Waals surface area (Å²) >= 11 is 1.21. The minimum atomic E-state index is -1.45. The van der Waals surface area contributed by atoms with Crippen LogP contribution in [-0.2, 0) is 10.3 Å². The van der Waals surface area contributed by atoms with Gasteiger partial charge in [-0.25, -0.2) is 14.6 Å². The van der Waals surface area contributed by atoms with E-state index in [-0.39, 0.29) is 6.54 Å². The molecule has 4 amide bonds. The molecule has 1 aromatic rings. The largest absolute Gasteiger partial charge is 0.465 e. The number of nitrogens with one attached hydrogen (secondary N) is 2. The molecule has 22 heavy (non-hydrogen) atoms. The van der Waals surface area contributed by atoms with Gasteiger partial charge >= 0.3 is 12.1 Å². The molecule has 1 atom stereocenters. The molecule has 0 aliphatic carbocycles. The fourth-order valence-electron chi connectivity index (χ4n) is 2.37. The monoisotopic (exact) mass is 326 g/mol. The van der Waals surface area contributed by atoms with Crippen LogP contribution in [0.4, 0.5) is 9.59 Å². The van der Waals surface area contributed by atoms with Gasteiger partial charge in [0.2, 0.25) is 0 Å². The van der Waals surface area contributed by atoms with Crippen molar-refractivity contribution in [3.63, 3.8) is 0 Å². The highest BCUT2D eigenvalue weighted by atomic mass is 32.1. The van der Waals surface area contributed by atoms with E-state index in [0.717, 1.165) is 4.90 Å². The van der Waals surface area contributed by atoms with Gasteiger partial charge in [0.25, 0.3) is 5.91 Å². The van der Waals surface area contributed by atoms with Gasteiger partial charge in [0, 0.05) is 5.54 Å². The molecule has 8 nitrogen and oxygen atoms in total. The predicted octanol–water partition coefficient (Wildman–Crippen LogP) is 1.26. The molecule has 0 bridgehead atoms.